The topological polar surface area (TPSA) is 91.5 Å². The molecule has 0 saturated heterocycles. The molecule has 1 amide bonds. The van der Waals surface area contributed by atoms with Gasteiger partial charge < -0.3 is 21.1 Å². The molecule has 1 aromatic carbocycles. The van der Waals surface area contributed by atoms with E-state index in [9.17, 15) is 9.90 Å². The monoisotopic (exact) mass is 418 g/mol. The molecule has 154 valence electrons. The molecule has 6 nitrogen and oxygen atoms in total. The Labute approximate surface area is 173 Å². The van der Waals surface area contributed by atoms with Crippen LogP contribution in [0.2, 0.25) is 5.02 Å². The Morgan fingerprint density at radius 1 is 1.41 bits per heavy atom. The lowest BCUT2D eigenvalue weighted by Gasteiger charge is -2.26. The molecule has 1 spiro atoms. The maximum absolute atomic E-state index is 15.5. The summed E-state index contributed by atoms with van der Waals surface area (Å²) >= 11 is 6.70. The first-order valence-corrected chi connectivity index (χ1v) is 9.91. The summed E-state index contributed by atoms with van der Waals surface area (Å²) in [5.41, 5.74) is 6.17. The summed E-state index contributed by atoms with van der Waals surface area (Å²) in [6, 6.07) is 3.02. The van der Waals surface area contributed by atoms with Gasteiger partial charge in [0.1, 0.15) is 11.6 Å². The van der Waals surface area contributed by atoms with Crippen molar-refractivity contribution in [3.05, 3.63) is 40.3 Å². The second-order valence-corrected chi connectivity index (χ2v) is 9.09. The van der Waals surface area contributed by atoms with Crippen LogP contribution in [0.15, 0.2) is 18.3 Å². The molecule has 2 heterocycles. The quantitative estimate of drug-likeness (QED) is 0.662. The molecule has 2 aromatic rings. The number of nitrogens with two attached hydrogens (primary N) is 1. The standard InChI is InChI=1S/C21H24ClFN4O2/c1-20(2,29)10-27(3)19(28)14-13(24)5-4-11(17(14)23)12-8-25-18-15(16(12)22)21(6-7-21)9-26-18/h4-5,8,29H,6-7,9-10,24H2,1-3H3,(H,25,26). The SMILES string of the molecule is CN(CC(C)(C)O)C(=O)c1c(N)ccc(-c2cnc3c(c2Cl)C2(CC2)CN3)c1F. The number of halogens is 2. The van der Waals surface area contributed by atoms with Crippen molar-refractivity contribution in [1.82, 2.24) is 9.88 Å². The second kappa shape index (κ2) is 6.57. The summed E-state index contributed by atoms with van der Waals surface area (Å²) in [5.74, 6) is -0.597. The molecule has 2 aliphatic rings. The van der Waals surface area contributed by atoms with E-state index in [1.807, 2.05) is 0 Å². The zero-order valence-electron chi connectivity index (χ0n) is 16.6. The molecule has 29 heavy (non-hydrogen) atoms. The van der Waals surface area contributed by atoms with Crippen LogP contribution < -0.4 is 11.1 Å². The van der Waals surface area contributed by atoms with Crippen molar-refractivity contribution < 1.29 is 14.3 Å². The molecule has 1 fully saturated rings. The van der Waals surface area contributed by atoms with Gasteiger partial charge in [-0.05, 0) is 38.8 Å². The smallest absolute Gasteiger partial charge is 0.258 e. The lowest BCUT2D eigenvalue weighted by Crippen LogP contribution is -2.40. The maximum atomic E-state index is 15.5. The number of hydrogen-bond donors (Lipinski definition) is 3. The van der Waals surface area contributed by atoms with Gasteiger partial charge in [-0.15, -0.1) is 0 Å². The van der Waals surface area contributed by atoms with E-state index < -0.39 is 17.3 Å². The molecule has 1 aromatic heterocycles. The Bertz CT molecular complexity index is 1010. The first-order valence-electron chi connectivity index (χ1n) is 9.53. The first kappa shape index (κ1) is 19.9. The summed E-state index contributed by atoms with van der Waals surface area (Å²) < 4.78 is 15.5. The Morgan fingerprint density at radius 3 is 2.72 bits per heavy atom. The number of benzene rings is 1. The van der Waals surface area contributed by atoms with E-state index in [0.29, 0.717) is 10.6 Å². The van der Waals surface area contributed by atoms with Crippen molar-refractivity contribution >= 4 is 29.0 Å². The number of anilines is 2. The largest absolute Gasteiger partial charge is 0.398 e. The van der Waals surface area contributed by atoms with Gasteiger partial charge in [-0.3, -0.25) is 4.79 Å². The molecule has 1 saturated carbocycles. The van der Waals surface area contributed by atoms with E-state index in [4.69, 9.17) is 17.3 Å². The van der Waals surface area contributed by atoms with Crippen LogP contribution in [-0.2, 0) is 5.41 Å². The molecule has 0 radical (unpaired) electrons. The predicted octanol–water partition coefficient (Wildman–Crippen LogP) is 3.42. The Morgan fingerprint density at radius 2 is 2.10 bits per heavy atom. The lowest BCUT2D eigenvalue weighted by molar-refractivity contribution is 0.0366. The molecular weight excluding hydrogens is 395 g/mol. The number of rotatable bonds is 4. The van der Waals surface area contributed by atoms with Crippen molar-refractivity contribution in [2.75, 3.05) is 31.2 Å². The summed E-state index contributed by atoms with van der Waals surface area (Å²) in [5, 5.41) is 13.7. The normalized spacial score (nSPS) is 16.5. The number of nitrogens with zero attached hydrogens (tertiary/aromatic N) is 2. The molecule has 0 unspecified atom stereocenters. The summed E-state index contributed by atoms with van der Waals surface area (Å²) in [4.78, 5) is 18.6. The van der Waals surface area contributed by atoms with Crippen molar-refractivity contribution in [3.8, 4) is 11.1 Å². The fourth-order valence-electron chi connectivity index (χ4n) is 4.07. The molecular formula is C21H24ClFN4O2. The zero-order chi connectivity index (χ0) is 21.1. The lowest BCUT2D eigenvalue weighted by atomic mass is 9.95. The molecule has 4 N–H and O–H groups in total. The number of nitrogen functional groups attached to an aromatic ring is 1. The van der Waals surface area contributed by atoms with Crippen LogP contribution in [0.25, 0.3) is 11.1 Å². The summed E-state index contributed by atoms with van der Waals surface area (Å²) in [6.45, 7) is 3.97. The van der Waals surface area contributed by atoms with Crippen molar-refractivity contribution in [1.29, 1.82) is 0 Å². The Kier molecular flexibility index (Phi) is 4.51. The first-order chi connectivity index (χ1) is 13.5. The van der Waals surface area contributed by atoms with Crippen LogP contribution in [0.3, 0.4) is 0 Å². The third-order valence-electron chi connectivity index (χ3n) is 5.64. The van der Waals surface area contributed by atoms with Gasteiger partial charge in [-0.1, -0.05) is 11.6 Å². The number of likely N-dealkylation sites (N-methyl/N-ethyl adjacent to an activating group) is 1. The van der Waals surface area contributed by atoms with Crippen LogP contribution >= 0.6 is 11.6 Å². The van der Waals surface area contributed by atoms with Gasteiger partial charge in [-0.25, -0.2) is 9.37 Å². The highest BCUT2D eigenvalue weighted by Gasteiger charge is 2.51. The average molecular weight is 419 g/mol. The fraction of sp³-hybridized carbons (Fsp3) is 0.429. The number of fused-ring (bicyclic) bond motifs is 2. The number of amides is 1. The van der Waals surface area contributed by atoms with Crippen LogP contribution in [0.4, 0.5) is 15.9 Å². The van der Waals surface area contributed by atoms with Gasteiger partial charge in [0.05, 0.1) is 16.2 Å². The number of aliphatic hydroxyl groups is 1. The average Bonchev–Trinajstić information content (AvgIpc) is 3.29. The van der Waals surface area contributed by atoms with Crippen LogP contribution in [0, 0.1) is 5.82 Å². The van der Waals surface area contributed by atoms with Gasteiger partial charge in [-0.2, -0.15) is 0 Å². The van der Waals surface area contributed by atoms with Gasteiger partial charge in [0, 0.05) is 54.1 Å². The fourth-order valence-corrected chi connectivity index (χ4v) is 4.51. The van der Waals surface area contributed by atoms with Crippen LogP contribution in [-0.4, -0.2) is 46.6 Å². The highest BCUT2D eigenvalue weighted by atomic mass is 35.5. The molecule has 1 aliphatic heterocycles. The summed E-state index contributed by atoms with van der Waals surface area (Å²) in [6.07, 6.45) is 3.57. The van der Waals surface area contributed by atoms with Gasteiger partial charge in [0.2, 0.25) is 0 Å². The van der Waals surface area contributed by atoms with E-state index in [-0.39, 0.29) is 28.8 Å². The van der Waals surface area contributed by atoms with Crippen molar-refractivity contribution in [3.63, 3.8) is 0 Å². The molecule has 4 rings (SSSR count). The molecule has 1 aliphatic carbocycles. The van der Waals surface area contributed by atoms with Crippen LogP contribution in [0.1, 0.15) is 42.6 Å². The van der Waals surface area contributed by atoms with E-state index in [1.54, 1.807) is 13.8 Å². The number of hydrogen-bond acceptors (Lipinski definition) is 5. The van der Waals surface area contributed by atoms with Crippen molar-refractivity contribution in [2.24, 2.45) is 0 Å². The maximum Gasteiger partial charge on any atom is 0.258 e. The third kappa shape index (κ3) is 3.32. The predicted molar refractivity (Wildman–Crippen MR) is 112 cm³/mol. The number of carbonyl (C=O) groups excluding carboxylic acids is 1. The summed E-state index contributed by atoms with van der Waals surface area (Å²) in [7, 11) is 1.50. The Hall–Kier alpha value is -2.38. The number of nitrogens with one attached hydrogen (secondary N) is 1. The third-order valence-corrected chi connectivity index (χ3v) is 6.04. The van der Waals surface area contributed by atoms with E-state index in [2.05, 4.69) is 10.3 Å². The van der Waals surface area contributed by atoms with E-state index >= 15 is 4.39 Å². The van der Waals surface area contributed by atoms with E-state index in [1.165, 1.54) is 30.3 Å². The Balaban J connectivity index is 1.78. The zero-order valence-corrected chi connectivity index (χ0v) is 17.4. The van der Waals surface area contributed by atoms with Crippen molar-refractivity contribution in [2.45, 2.75) is 37.7 Å². The molecule has 0 bridgehead atoms. The van der Waals surface area contributed by atoms with Gasteiger partial charge in [0.15, 0.2) is 0 Å². The van der Waals surface area contributed by atoms with E-state index in [0.717, 1.165) is 30.8 Å². The number of aromatic nitrogens is 1. The minimum atomic E-state index is -1.12. The minimum Gasteiger partial charge on any atom is -0.398 e. The number of pyridine rings is 1. The minimum absolute atomic E-state index is 0.00864. The van der Waals surface area contributed by atoms with Gasteiger partial charge in [0.25, 0.3) is 5.91 Å². The highest BCUT2D eigenvalue weighted by molar-refractivity contribution is 6.34. The molecule has 8 heteroatoms. The van der Waals surface area contributed by atoms with Crippen LogP contribution in [0.5, 0.6) is 0 Å². The number of carbonyl (C=O) groups is 1. The second-order valence-electron chi connectivity index (χ2n) is 8.71. The highest BCUT2D eigenvalue weighted by Crippen LogP contribution is 2.57. The molecule has 0 atom stereocenters. The van der Waals surface area contributed by atoms with Gasteiger partial charge >= 0.3 is 0 Å².